The van der Waals surface area contributed by atoms with Crippen molar-refractivity contribution in [2.24, 2.45) is 0 Å². The Morgan fingerprint density at radius 1 is 1.00 bits per heavy atom. The lowest BCUT2D eigenvalue weighted by Gasteiger charge is -2.20. The lowest BCUT2D eigenvalue weighted by molar-refractivity contribution is -0.142. The molecule has 0 radical (unpaired) electrons. The third kappa shape index (κ3) is 6.19. The van der Waals surface area contributed by atoms with Crippen molar-refractivity contribution in [3.63, 3.8) is 0 Å². The van der Waals surface area contributed by atoms with E-state index in [2.05, 4.69) is 10.3 Å². The van der Waals surface area contributed by atoms with Gasteiger partial charge in [-0.15, -0.1) is 0 Å². The maximum Gasteiger partial charge on any atom is 0.338 e. The fourth-order valence-corrected chi connectivity index (χ4v) is 2.43. The summed E-state index contributed by atoms with van der Waals surface area (Å²) in [4.78, 5) is 40.4. The Kier molecular flexibility index (Phi) is 6.87. The molecule has 148 valence electrons. The van der Waals surface area contributed by atoms with Crippen LogP contribution in [0.4, 0.5) is 0 Å². The Balaban J connectivity index is 2.09. The molecular weight excluding hydrogens is 360 g/mol. The largest absolute Gasteiger partial charge is 0.467 e. The number of carbonyl (C=O) groups excluding carboxylic acids is 3. The van der Waals surface area contributed by atoms with Gasteiger partial charge in [-0.2, -0.15) is 0 Å². The van der Waals surface area contributed by atoms with Crippen LogP contribution in [0, 0.1) is 0 Å². The molecule has 1 N–H and O–H groups in total. The number of hydrogen-bond donors (Lipinski definition) is 1. The van der Waals surface area contributed by atoms with E-state index in [-0.39, 0.29) is 6.42 Å². The van der Waals surface area contributed by atoms with Crippen molar-refractivity contribution in [1.29, 1.82) is 0 Å². The van der Waals surface area contributed by atoms with Gasteiger partial charge in [0.25, 0.3) is 5.91 Å². The summed E-state index contributed by atoms with van der Waals surface area (Å²) in [7, 11) is 1.26. The molecule has 0 unspecified atom stereocenters. The number of pyridine rings is 1. The van der Waals surface area contributed by atoms with E-state index in [4.69, 9.17) is 9.47 Å². The van der Waals surface area contributed by atoms with Crippen molar-refractivity contribution in [2.75, 3.05) is 7.11 Å². The summed E-state index contributed by atoms with van der Waals surface area (Å²) in [6, 6.07) is 8.93. The molecule has 0 aliphatic heterocycles. The van der Waals surface area contributed by atoms with Crippen molar-refractivity contribution in [1.82, 2.24) is 10.3 Å². The zero-order chi connectivity index (χ0) is 20.7. The molecule has 1 aromatic heterocycles. The molecule has 0 aliphatic rings. The first-order valence-corrected chi connectivity index (χ1v) is 8.80. The third-order valence-corrected chi connectivity index (χ3v) is 3.76. The second kappa shape index (κ2) is 9.12. The van der Waals surface area contributed by atoms with Gasteiger partial charge in [0.2, 0.25) is 0 Å². The quantitative estimate of drug-likeness (QED) is 0.769. The monoisotopic (exact) mass is 384 g/mol. The van der Waals surface area contributed by atoms with Crippen LogP contribution in [0.15, 0.2) is 48.8 Å². The average molecular weight is 384 g/mol. The van der Waals surface area contributed by atoms with Crippen LogP contribution in [-0.4, -0.2) is 41.6 Å². The summed E-state index contributed by atoms with van der Waals surface area (Å²) in [5, 5.41) is 2.67. The number of aromatic nitrogens is 1. The SMILES string of the molecule is COC(=O)[C@@H](Cc1ccc(C(=O)OC(C)(C)C)cc1)NC(=O)c1ccncc1. The number of benzene rings is 1. The predicted molar refractivity (Wildman–Crippen MR) is 103 cm³/mol. The summed E-state index contributed by atoms with van der Waals surface area (Å²) in [6.45, 7) is 5.39. The molecule has 7 nitrogen and oxygen atoms in total. The number of nitrogens with zero attached hydrogens (tertiary/aromatic N) is 1. The minimum atomic E-state index is -0.863. The van der Waals surface area contributed by atoms with Crippen LogP contribution in [0.3, 0.4) is 0 Å². The minimum Gasteiger partial charge on any atom is -0.467 e. The molecule has 7 heteroatoms. The van der Waals surface area contributed by atoms with Crippen molar-refractivity contribution < 1.29 is 23.9 Å². The molecule has 0 aliphatic carbocycles. The molecule has 1 heterocycles. The van der Waals surface area contributed by atoms with Crippen LogP contribution < -0.4 is 5.32 Å². The van der Waals surface area contributed by atoms with Crippen molar-refractivity contribution >= 4 is 17.8 Å². The summed E-state index contributed by atoms with van der Waals surface area (Å²) in [5.41, 5.74) is 0.985. The molecule has 28 heavy (non-hydrogen) atoms. The first kappa shape index (κ1) is 21.1. The maximum atomic E-state index is 12.3. The summed E-state index contributed by atoms with van der Waals surface area (Å²) >= 11 is 0. The number of methoxy groups -OCH3 is 1. The Bertz CT molecular complexity index is 826. The Hall–Kier alpha value is -3.22. The summed E-state index contributed by atoms with van der Waals surface area (Å²) < 4.78 is 10.1. The highest BCUT2D eigenvalue weighted by Crippen LogP contribution is 2.14. The van der Waals surface area contributed by atoms with E-state index in [9.17, 15) is 14.4 Å². The van der Waals surface area contributed by atoms with Gasteiger partial charge in [-0.1, -0.05) is 12.1 Å². The molecule has 0 spiro atoms. The van der Waals surface area contributed by atoms with Crippen LogP contribution in [0.25, 0.3) is 0 Å². The van der Waals surface area contributed by atoms with Crippen molar-refractivity contribution in [2.45, 2.75) is 38.8 Å². The molecule has 2 aromatic rings. The fourth-order valence-electron chi connectivity index (χ4n) is 2.43. The van der Waals surface area contributed by atoms with Gasteiger partial charge in [0.05, 0.1) is 12.7 Å². The Labute approximate surface area is 164 Å². The Morgan fingerprint density at radius 2 is 1.61 bits per heavy atom. The second-order valence-corrected chi connectivity index (χ2v) is 7.19. The van der Waals surface area contributed by atoms with E-state index in [1.807, 2.05) is 0 Å². The zero-order valence-corrected chi connectivity index (χ0v) is 16.4. The Morgan fingerprint density at radius 3 is 2.14 bits per heavy atom. The first-order chi connectivity index (χ1) is 13.2. The smallest absolute Gasteiger partial charge is 0.338 e. The topological polar surface area (TPSA) is 94.6 Å². The number of rotatable bonds is 6. The van der Waals surface area contributed by atoms with Gasteiger partial charge in [-0.3, -0.25) is 9.78 Å². The molecule has 2 rings (SSSR count). The summed E-state index contributed by atoms with van der Waals surface area (Å²) in [6.07, 6.45) is 3.22. The lowest BCUT2D eigenvalue weighted by atomic mass is 10.0. The standard InChI is InChI=1S/C21H24N2O5/c1-21(2,3)28-19(25)16-7-5-14(6-8-16)13-17(20(26)27-4)23-18(24)15-9-11-22-12-10-15/h5-12,17H,13H2,1-4H3,(H,23,24)/t17-/m1/s1. The number of hydrogen-bond acceptors (Lipinski definition) is 6. The van der Waals surface area contributed by atoms with E-state index in [0.29, 0.717) is 11.1 Å². The number of nitrogens with one attached hydrogen (secondary N) is 1. The minimum absolute atomic E-state index is 0.220. The van der Waals surface area contributed by atoms with Gasteiger partial charge in [-0.05, 0) is 50.6 Å². The lowest BCUT2D eigenvalue weighted by Crippen LogP contribution is -2.43. The normalized spacial score (nSPS) is 12.0. The van der Waals surface area contributed by atoms with Crippen LogP contribution in [0.5, 0.6) is 0 Å². The van der Waals surface area contributed by atoms with E-state index in [1.54, 1.807) is 57.2 Å². The highest BCUT2D eigenvalue weighted by Gasteiger charge is 2.23. The molecule has 1 atom stereocenters. The predicted octanol–water partition coefficient (Wildman–Crippen LogP) is 2.55. The summed E-state index contributed by atoms with van der Waals surface area (Å²) in [5.74, 6) is -1.38. The second-order valence-electron chi connectivity index (χ2n) is 7.19. The van der Waals surface area contributed by atoms with E-state index >= 15 is 0 Å². The molecule has 0 saturated heterocycles. The highest BCUT2D eigenvalue weighted by molar-refractivity contribution is 5.96. The number of amides is 1. The van der Waals surface area contributed by atoms with Crippen LogP contribution in [0.2, 0.25) is 0 Å². The number of ether oxygens (including phenoxy) is 2. The van der Waals surface area contributed by atoms with Gasteiger partial charge < -0.3 is 14.8 Å². The van der Waals surface area contributed by atoms with E-state index in [1.165, 1.54) is 19.5 Å². The number of carbonyl (C=O) groups is 3. The van der Waals surface area contributed by atoms with Gasteiger partial charge in [0, 0.05) is 24.4 Å². The molecule has 0 saturated carbocycles. The van der Waals surface area contributed by atoms with Crippen LogP contribution in [0.1, 0.15) is 47.1 Å². The van der Waals surface area contributed by atoms with Gasteiger partial charge >= 0.3 is 11.9 Å². The highest BCUT2D eigenvalue weighted by atomic mass is 16.6. The van der Waals surface area contributed by atoms with Crippen LogP contribution >= 0.6 is 0 Å². The third-order valence-electron chi connectivity index (χ3n) is 3.76. The molecular formula is C21H24N2O5. The molecule has 0 fully saturated rings. The fraction of sp³-hybridized carbons (Fsp3) is 0.333. The van der Waals surface area contributed by atoms with E-state index in [0.717, 1.165) is 5.56 Å². The average Bonchev–Trinajstić information content (AvgIpc) is 2.66. The molecule has 0 bridgehead atoms. The zero-order valence-electron chi connectivity index (χ0n) is 16.4. The first-order valence-electron chi connectivity index (χ1n) is 8.80. The maximum absolute atomic E-state index is 12.3. The molecule has 1 aromatic carbocycles. The molecule has 1 amide bonds. The van der Waals surface area contributed by atoms with Crippen LogP contribution in [-0.2, 0) is 20.7 Å². The van der Waals surface area contributed by atoms with Crippen molar-refractivity contribution in [3.05, 3.63) is 65.5 Å². The van der Waals surface area contributed by atoms with Gasteiger partial charge in [-0.25, -0.2) is 9.59 Å². The van der Waals surface area contributed by atoms with Gasteiger partial charge in [0.1, 0.15) is 11.6 Å². The number of esters is 2. The van der Waals surface area contributed by atoms with Crippen molar-refractivity contribution in [3.8, 4) is 0 Å². The van der Waals surface area contributed by atoms with E-state index < -0.39 is 29.5 Å². The van der Waals surface area contributed by atoms with Gasteiger partial charge in [0.15, 0.2) is 0 Å².